The van der Waals surface area contributed by atoms with Gasteiger partial charge in [-0.25, -0.2) is 4.79 Å². The van der Waals surface area contributed by atoms with Gasteiger partial charge in [-0.3, -0.25) is 24.0 Å². The molecule has 53 heavy (non-hydrogen) atoms. The van der Waals surface area contributed by atoms with Crippen molar-refractivity contribution in [2.75, 3.05) is 7.11 Å². The zero-order valence-electron chi connectivity index (χ0n) is 30.3. The van der Waals surface area contributed by atoms with E-state index in [1.54, 1.807) is 0 Å². The number of ether oxygens (including phenoxy) is 6. The highest BCUT2D eigenvalue weighted by Crippen LogP contribution is 2.84. The summed E-state index contributed by atoms with van der Waals surface area (Å²) in [4.78, 5) is 78.8. The van der Waals surface area contributed by atoms with Crippen LogP contribution >= 0.6 is 0 Å². The van der Waals surface area contributed by atoms with Gasteiger partial charge in [-0.15, -0.1) is 0 Å². The first-order valence-corrected chi connectivity index (χ1v) is 17.0. The number of carbonyl (C=O) groups is 6. The number of methoxy groups -OCH3 is 1. The smallest absolute Gasteiger partial charge is 0.335 e. The molecule has 292 valence electrons. The van der Waals surface area contributed by atoms with Gasteiger partial charge in [0.1, 0.15) is 29.0 Å². The zero-order chi connectivity index (χ0) is 39.6. The third-order valence-electron chi connectivity index (χ3n) is 13.2. The molecule has 1 aliphatic heterocycles. The Labute approximate surface area is 302 Å². The van der Waals surface area contributed by atoms with E-state index in [1.807, 2.05) is 0 Å². The lowest BCUT2D eigenvalue weighted by Gasteiger charge is -2.78. The molecule has 4 saturated carbocycles. The molecular formula is C35H44O18. The molecule has 6 rings (SSSR count). The summed E-state index contributed by atoms with van der Waals surface area (Å²) in [7, 11) is 0.948. The minimum atomic E-state index is -3.27. The summed E-state index contributed by atoms with van der Waals surface area (Å²) in [6.07, 6.45) is -11.8. The molecule has 2 heterocycles. The van der Waals surface area contributed by atoms with Crippen LogP contribution in [0.4, 0.5) is 0 Å². The van der Waals surface area contributed by atoms with E-state index in [4.69, 9.17) is 32.8 Å². The highest BCUT2D eigenvalue weighted by molar-refractivity contribution is 5.77. The number of aliphatic hydroxyl groups is 5. The Morgan fingerprint density at radius 3 is 1.96 bits per heavy atom. The van der Waals surface area contributed by atoms with Crippen LogP contribution in [0.2, 0.25) is 0 Å². The van der Waals surface area contributed by atoms with Crippen molar-refractivity contribution >= 4 is 35.8 Å². The first kappa shape index (κ1) is 38.6. The monoisotopic (exact) mass is 752 g/mol. The van der Waals surface area contributed by atoms with Crippen LogP contribution in [0.3, 0.4) is 0 Å². The normalized spacial score (nSPS) is 45.9. The molecule has 0 aromatic carbocycles. The van der Waals surface area contributed by atoms with Crippen molar-refractivity contribution < 1.29 is 87.1 Å². The molecule has 2 bridgehead atoms. The fraction of sp³-hybridized carbons (Fsp3) is 0.714. The van der Waals surface area contributed by atoms with Gasteiger partial charge in [0, 0.05) is 55.9 Å². The van der Waals surface area contributed by atoms with Crippen molar-refractivity contribution in [3.63, 3.8) is 0 Å². The van der Waals surface area contributed by atoms with Crippen molar-refractivity contribution in [1.82, 2.24) is 0 Å². The van der Waals surface area contributed by atoms with Crippen LogP contribution in [0, 0.1) is 28.1 Å². The van der Waals surface area contributed by atoms with Gasteiger partial charge in [0.2, 0.25) is 0 Å². The van der Waals surface area contributed by atoms with E-state index in [2.05, 4.69) is 0 Å². The van der Waals surface area contributed by atoms with Crippen molar-refractivity contribution in [2.45, 2.75) is 120 Å². The minimum absolute atomic E-state index is 0.0945. The van der Waals surface area contributed by atoms with Gasteiger partial charge in [0.15, 0.2) is 30.0 Å². The zero-order valence-corrected chi connectivity index (χ0v) is 30.3. The van der Waals surface area contributed by atoms with Crippen molar-refractivity contribution in [3.05, 3.63) is 24.2 Å². The SMILES string of the molecule is COC(=O)[C@H](O)[C@H]1[C@@]2(C)C[C@]3(O)[C@@](O)([C@H]4OC(=O)C[C@@H]5[C@](C)([C@@H](OC(C)=O)c6ccoc6)[C@@H](OC(C)=O)[C@@H](OC(C)=O)[C@@](O)([C@@]54O)[C@]13C)[C@H]2OC(C)=O. The minimum Gasteiger partial charge on any atom is -0.472 e. The molecule has 18 nitrogen and oxygen atoms in total. The van der Waals surface area contributed by atoms with E-state index in [1.165, 1.54) is 26.2 Å². The molecule has 4 aliphatic carbocycles. The third kappa shape index (κ3) is 4.32. The molecule has 1 aromatic heterocycles. The topological polar surface area (TPSA) is 272 Å². The van der Waals surface area contributed by atoms with Crippen LogP contribution in [0.1, 0.15) is 73.0 Å². The summed E-state index contributed by atoms with van der Waals surface area (Å²) in [5.41, 5.74) is -18.9. The van der Waals surface area contributed by atoms with Gasteiger partial charge >= 0.3 is 35.8 Å². The molecule has 5 fully saturated rings. The van der Waals surface area contributed by atoms with E-state index >= 15 is 0 Å². The Bertz CT molecular complexity index is 1760. The number of fused-ring (bicyclic) bond motifs is 3. The Balaban J connectivity index is 1.80. The Hall–Kier alpha value is -4.10. The lowest BCUT2D eigenvalue weighted by Crippen LogP contribution is -2.98. The lowest BCUT2D eigenvalue weighted by atomic mass is 9.32. The summed E-state index contributed by atoms with van der Waals surface area (Å²) < 4.78 is 39.1. The van der Waals surface area contributed by atoms with Gasteiger partial charge in [0.05, 0.1) is 31.5 Å². The molecule has 1 aromatic rings. The van der Waals surface area contributed by atoms with Crippen LogP contribution in [0.25, 0.3) is 0 Å². The van der Waals surface area contributed by atoms with E-state index in [-0.39, 0.29) is 5.56 Å². The predicted molar refractivity (Wildman–Crippen MR) is 168 cm³/mol. The highest BCUT2D eigenvalue weighted by atomic mass is 16.6. The summed E-state index contributed by atoms with van der Waals surface area (Å²) in [5.74, 6) is -10.2. The molecule has 0 radical (unpaired) electrons. The molecule has 18 heteroatoms. The van der Waals surface area contributed by atoms with Crippen molar-refractivity contribution in [1.29, 1.82) is 0 Å². The van der Waals surface area contributed by atoms with E-state index in [0.717, 1.165) is 48.0 Å². The summed E-state index contributed by atoms with van der Waals surface area (Å²) in [6.45, 7) is 7.72. The van der Waals surface area contributed by atoms with Crippen LogP contribution in [0.5, 0.6) is 0 Å². The largest absolute Gasteiger partial charge is 0.472 e. The van der Waals surface area contributed by atoms with E-state index < -0.39 is 136 Å². The second-order valence-corrected chi connectivity index (χ2v) is 15.7. The molecular weight excluding hydrogens is 708 g/mol. The summed E-state index contributed by atoms with van der Waals surface area (Å²) >= 11 is 0. The average Bonchev–Trinajstić information content (AvgIpc) is 3.70. The first-order chi connectivity index (χ1) is 24.4. The lowest BCUT2D eigenvalue weighted by molar-refractivity contribution is -0.468. The van der Waals surface area contributed by atoms with Gasteiger partial charge < -0.3 is 58.4 Å². The van der Waals surface area contributed by atoms with Gasteiger partial charge in [-0.1, -0.05) is 20.8 Å². The Morgan fingerprint density at radius 2 is 1.45 bits per heavy atom. The second kappa shape index (κ2) is 11.7. The van der Waals surface area contributed by atoms with Crippen molar-refractivity contribution in [3.8, 4) is 0 Å². The summed E-state index contributed by atoms with van der Waals surface area (Å²) in [6, 6.07) is 1.37. The van der Waals surface area contributed by atoms with Crippen LogP contribution in [0.15, 0.2) is 23.0 Å². The quantitative estimate of drug-likeness (QED) is 0.160. The van der Waals surface area contributed by atoms with Crippen LogP contribution < -0.4 is 0 Å². The Kier molecular flexibility index (Phi) is 8.52. The number of rotatable bonds is 8. The second-order valence-electron chi connectivity index (χ2n) is 15.7. The number of hydrogen-bond donors (Lipinski definition) is 5. The van der Waals surface area contributed by atoms with Crippen molar-refractivity contribution in [2.24, 2.45) is 28.1 Å². The summed E-state index contributed by atoms with van der Waals surface area (Å²) in [5, 5.41) is 65.5. The molecule has 15 atom stereocenters. The number of esters is 6. The third-order valence-corrected chi connectivity index (χ3v) is 13.2. The number of hydrogen-bond acceptors (Lipinski definition) is 18. The van der Waals surface area contributed by atoms with Gasteiger partial charge in [-0.2, -0.15) is 0 Å². The molecule has 0 spiro atoms. The Morgan fingerprint density at radius 1 is 0.868 bits per heavy atom. The highest BCUT2D eigenvalue weighted by Gasteiger charge is 3.01. The molecule has 1 saturated heterocycles. The maximum Gasteiger partial charge on any atom is 0.335 e. The number of furan rings is 1. The number of carbonyl (C=O) groups excluding carboxylic acids is 6. The van der Waals surface area contributed by atoms with E-state index in [0.29, 0.717) is 0 Å². The van der Waals surface area contributed by atoms with Crippen LogP contribution in [-0.4, -0.2) is 121 Å². The van der Waals surface area contributed by atoms with Crippen LogP contribution in [-0.2, 0) is 57.2 Å². The molecule has 0 amide bonds. The maximum absolute atomic E-state index is 13.9. The predicted octanol–water partition coefficient (Wildman–Crippen LogP) is -0.851. The van der Waals surface area contributed by atoms with Gasteiger partial charge in [-0.05, 0) is 12.5 Å². The molecule has 0 unspecified atom stereocenters. The first-order valence-electron chi connectivity index (χ1n) is 17.0. The maximum atomic E-state index is 13.9. The standard InChI is InChI=1S/C35H44O18/c1-14(36)49-23(18-9-10-48-12-18)30(6)19-11-20(40)53-28-33(19,44)35(46,25(51-16(3)38)24(30)50-15(2)37)31(7)22(21(41)26(42)47-8)29(5)13-32(31,43)34(28,45)27(29)52-17(4)39/h9-10,12,19,21-25,27-28,41,43-46H,11,13H2,1-8H3/t19-,21-,22+,23+,24+,25-,27+,28+,29-,30-,31-,32-,33-,34+,35+/m1/s1. The number of aliphatic hydroxyl groups excluding tert-OH is 1. The van der Waals surface area contributed by atoms with Gasteiger partial charge in [0.25, 0.3) is 0 Å². The molecule has 5 aliphatic rings. The van der Waals surface area contributed by atoms with E-state index in [9.17, 15) is 54.3 Å². The molecule has 5 N–H and O–H groups in total. The fourth-order valence-corrected chi connectivity index (χ4v) is 11.7. The average molecular weight is 753 g/mol. The fourth-order valence-electron chi connectivity index (χ4n) is 11.7.